The van der Waals surface area contributed by atoms with Gasteiger partial charge in [0.25, 0.3) is 0 Å². The van der Waals surface area contributed by atoms with E-state index in [4.69, 9.17) is 9.47 Å². The predicted octanol–water partition coefficient (Wildman–Crippen LogP) is 1.10. The molecule has 15 heavy (non-hydrogen) atoms. The van der Waals surface area contributed by atoms with Crippen molar-refractivity contribution in [3.8, 4) is 0 Å². The molecule has 0 unspecified atom stereocenters. The number of hydrogen-bond acceptors (Lipinski definition) is 4. The number of methoxy groups -OCH3 is 1. The van der Waals surface area contributed by atoms with E-state index < -0.39 is 0 Å². The van der Waals surface area contributed by atoms with E-state index in [-0.39, 0.29) is 5.97 Å². The van der Waals surface area contributed by atoms with Crippen molar-refractivity contribution in [1.82, 2.24) is 9.78 Å². The second kappa shape index (κ2) is 6.19. The Kier molecular flexibility index (Phi) is 4.83. The lowest BCUT2D eigenvalue weighted by Gasteiger charge is -2.06. The van der Waals surface area contributed by atoms with Crippen LogP contribution in [0.25, 0.3) is 0 Å². The van der Waals surface area contributed by atoms with Gasteiger partial charge in [-0.3, -0.25) is 4.68 Å². The van der Waals surface area contributed by atoms with E-state index >= 15 is 0 Å². The van der Waals surface area contributed by atoms with Crippen LogP contribution in [0, 0.1) is 0 Å². The average molecular weight is 212 g/mol. The van der Waals surface area contributed by atoms with E-state index in [0.29, 0.717) is 25.5 Å². The predicted molar refractivity (Wildman–Crippen MR) is 54.7 cm³/mol. The number of ether oxygens (including phenoxy) is 2. The summed E-state index contributed by atoms with van der Waals surface area (Å²) in [4.78, 5) is 11.4. The van der Waals surface area contributed by atoms with E-state index in [1.807, 2.05) is 0 Å². The van der Waals surface area contributed by atoms with Crippen LogP contribution in [-0.4, -0.2) is 36.1 Å². The van der Waals surface area contributed by atoms with Crippen LogP contribution in [0.5, 0.6) is 0 Å². The van der Waals surface area contributed by atoms with Crippen LogP contribution >= 0.6 is 0 Å². The zero-order valence-electron chi connectivity index (χ0n) is 9.10. The molecule has 1 heterocycles. The highest BCUT2D eigenvalue weighted by atomic mass is 16.5. The molecule has 0 amide bonds. The molecule has 0 aliphatic heterocycles. The van der Waals surface area contributed by atoms with Crippen LogP contribution in [0.4, 0.5) is 0 Å². The summed E-state index contributed by atoms with van der Waals surface area (Å²) in [6.45, 7) is 3.47. The van der Waals surface area contributed by atoms with Crippen molar-refractivity contribution < 1.29 is 14.3 Å². The fourth-order valence-electron chi connectivity index (χ4n) is 1.25. The molecule has 0 saturated heterocycles. The van der Waals surface area contributed by atoms with Crippen molar-refractivity contribution in [1.29, 1.82) is 0 Å². The third kappa shape index (κ3) is 3.36. The minimum Gasteiger partial charge on any atom is -0.461 e. The topological polar surface area (TPSA) is 53.3 Å². The maximum absolute atomic E-state index is 11.4. The van der Waals surface area contributed by atoms with E-state index in [1.54, 1.807) is 31.0 Å². The first kappa shape index (κ1) is 11.7. The summed E-state index contributed by atoms with van der Waals surface area (Å²) in [5.74, 6) is -0.326. The summed E-state index contributed by atoms with van der Waals surface area (Å²) in [5.41, 5.74) is 0.493. The molecule has 0 saturated carbocycles. The minimum atomic E-state index is -0.326. The van der Waals surface area contributed by atoms with Crippen molar-refractivity contribution in [2.45, 2.75) is 19.9 Å². The first-order chi connectivity index (χ1) is 7.29. The number of aryl methyl sites for hydroxylation is 1. The molecule has 84 valence electrons. The monoisotopic (exact) mass is 212 g/mol. The number of rotatable bonds is 6. The van der Waals surface area contributed by atoms with E-state index in [1.165, 1.54) is 0 Å². The van der Waals surface area contributed by atoms with Crippen molar-refractivity contribution >= 4 is 5.97 Å². The molecule has 0 fully saturated rings. The van der Waals surface area contributed by atoms with Gasteiger partial charge < -0.3 is 9.47 Å². The maximum Gasteiger partial charge on any atom is 0.356 e. The van der Waals surface area contributed by atoms with Gasteiger partial charge in [-0.15, -0.1) is 0 Å². The molecule has 0 aliphatic rings. The third-order valence-electron chi connectivity index (χ3n) is 1.92. The number of hydrogen-bond donors (Lipinski definition) is 0. The van der Waals surface area contributed by atoms with Gasteiger partial charge in [0, 0.05) is 26.5 Å². The summed E-state index contributed by atoms with van der Waals surface area (Å²) >= 11 is 0. The lowest BCUT2D eigenvalue weighted by molar-refractivity contribution is 0.0510. The molecule has 0 aliphatic carbocycles. The highest BCUT2D eigenvalue weighted by Crippen LogP contribution is 2.02. The summed E-state index contributed by atoms with van der Waals surface area (Å²) in [6, 6.07) is 1.66. The smallest absolute Gasteiger partial charge is 0.356 e. The fraction of sp³-hybridized carbons (Fsp3) is 0.600. The minimum absolute atomic E-state index is 0.326. The Morgan fingerprint density at radius 3 is 3.07 bits per heavy atom. The van der Waals surface area contributed by atoms with Gasteiger partial charge in [0.05, 0.1) is 6.61 Å². The number of carbonyl (C=O) groups excluding carboxylic acids is 1. The first-order valence-electron chi connectivity index (χ1n) is 4.97. The van der Waals surface area contributed by atoms with Crippen molar-refractivity contribution in [2.24, 2.45) is 0 Å². The number of aromatic nitrogens is 2. The SMILES string of the molecule is CCOC(=O)c1ccnn1CCCOC. The normalized spacial score (nSPS) is 10.3. The standard InChI is InChI=1S/C10H16N2O3/c1-3-15-10(13)9-5-6-11-12(9)7-4-8-14-2/h5-6H,3-4,7-8H2,1-2H3. The maximum atomic E-state index is 11.4. The Balaban J connectivity index is 2.56. The molecular weight excluding hydrogens is 196 g/mol. The molecule has 0 bridgehead atoms. The third-order valence-corrected chi connectivity index (χ3v) is 1.92. The Morgan fingerprint density at radius 2 is 2.40 bits per heavy atom. The second-order valence-corrected chi connectivity index (χ2v) is 3.01. The van der Waals surface area contributed by atoms with E-state index in [2.05, 4.69) is 5.10 Å². The zero-order chi connectivity index (χ0) is 11.1. The highest BCUT2D eigenvalue weighted by molar-refractivity contribution is 5.87. The van der Waals surface area contributed by atoms with E-state index in [0.717, 1.165) is 6.42 Å². The molecule has 0 spiro atoms. The van der Waals surface area contributed by atoms with Gasteiger partial charge in [0.15, 0.2) is 0 Å². The van der Waals surface area contributed by atoms with Gasteiger partial charge in [-0.2, -0.15) is 5.10 Å². The van der Waals surface area contributed by atoms with Crippen LogP contribution in [0.15, 0.2) is 12.3 Å². The summed E-state index contributed by atoms with van der Waals surface area (Å²) in [5, 5.41) is 4.05. The lowest BCUT2D eigenvalue weighted by atomic mass is 10.4. The number of carbonyl (C=O) groups is 1. The number of esters is 1. The Morgan fingerprint density at radius 1 is 1.60 bits per heavy atom. The van der Waals surface area contributed by atoms with Crippen LogP contribution in [-0.2, 0) is 16.0 Å². The van der Waals surface area contributed by atoms with Crippen molar-refractivity contribution in [2.75, 3.05) is 20.3 Å². The van der Waals surface area contributed by atoms with E-state index in [9.17, 15) is 4.79 Å². The molecule has 0 atom stereocenters. The average Bonchev–Trinajstić information content (AvgIpc) is 2.67. The Hall–Kier alpha value is -1.36. The molecule has 0 radical (unpaired) electrons. The largest absolute Gasteiger partial charge is 0.461 e. The number of nitrogens with zero attached hydrogens (tertiary/aromatic N) is 2. The Bertz CT molecular complexity index is 309. The zero-order valence-corrected chi connectivity index (χ0v) is 9.10. The quantitative estimate of drug-likeness (QED) is 0.523. The van der Waals surface area contributed by atoms with Gasteiger partial charge in [0.1, 0.15) is 5.69 Å². The molecule has 1 rings (SSSR count). The summed E-state index contributed by atoms with van der Waals surface area (Å²) in [6.07, 6.45) is 2.42. The lowest BCUT2D eigenvalue weighted by Crippen LogP contribution is -2.14. The fourth-order valence-corrected chi connectivity index (χ4v) is 1.25. The van der Waals surface area contributed by atoms with Crippen LogP contribution in [0.3, 0.4) is 0 Å². The second-order valence-electron chi connectivity index (χ2n) is 3.01. The molecule has 5 heteroatoms. The molecule has 5 nitrogen and oxygen atoms in total. The van der Waals surface area contributed by atoms with Gasteiger partial charge in [-0.1, -0.05) is 0 Å². The highest BCUT2D eigenvalue weighted by Gasteiger charge is 2.12. The summed E-state index contributed by atoms with van der Waals surface area (Å²) in [7, 11) is 1.65. The molecule has 1 aromatic heterocycles. The van der Waals surface area contributed by atoms with Crippen LogP contribution < -0.4 is 0 Å². The van der Waals surface area contributed by atoms with Crippen LogP contribution in [0.1, 0.15) is 23.8 Å². The van der Waals surface area contributed by atoms with Gasteiger partial charge in [-0.05, 0) is 19.4 Å². The first-order valence-corrected chi connectivity index (χ1v) is 4.97. The van der Waals surface area contributed by atoms with Crippen LogP contribution in [0.2, 0.25) is 0 Å². The molecule has 1 aromatic rings. The summed E-state index contributed by atoms with van der Waals surface area (Å²) < 4.78 is 11.5. The van der Waals surface area contributed by atoms with Gasteiger partial charge in [-0.25, -0.2) is 4.79 Å². The molecular formula is C10H16N2O3. The van der Waals surface area contributed by atoms with Crippen molar-refractivity contribution in [3.63, 3.8) is 0 Å². The Labute approximate surface area is 89.0 Å². The van der Waals surface area contributed by atoms with Gasteiger partial charge in [0.2, 0.25) is 0 Å². The van der Waals surface area contributed by atoms with Gasteiger partial charge >= 0.3 is 5.97 Å². The van der Waals surface area contributed by atoms with Crippen molar-refractivity contribution in [3.05, 3.63) is 18.0 Å². The molecule has 0 N–H and O–H groups in total. The molecule has 0 aromatic carbocycles.